The van der Waals surface area contributed by atoms with E-state index in [2.05, 4.69) is 43.7 Å². The van der Waals surface area contributed by atoms with E-state index in [4.69, 9.17) is 0 Å². The molecule has 0 unspecified atom stereocenters. The van der Waals surface area contributed by atoms with Gasteiger partial charge in [-0.3, -0.25) is 4.90 Å². The van der Waals surface area contributed by atoms with Crippen molar-refractivity contribution < 1.29 is 0 Å². The summed E-state index contributed by atoms with van der Waals surface area (Å²) in [5.41, 5.74) is 2.03. The smallest absolute Gasteiger partial charge is 0.151 e. The van der Waals surface area contributed by atoms with Crippen molar-refractivity contribution in [3.8, 4) is 9.75 Å². The number of anilines is 2. The first kappa shape index (κ1) is 17.8. The third-order valence-corrected chi connectivity index (χ3v) is 7.24. The molecule has 4 aromatic rings. The Bertz CT molecular complexity index is 1070. The van der Waals surface area contributed by atoms with Gasteiger partial charge in [0.15, 0.2) is 5.82 Å². The van der Waals surface area contributed by atoms with Gasteiger partial charge in [0, 0.05) is 53.0 Å². The number of aromatic nitrogens is 2. The van der Waals surface area contributed by atoms with Crippen LogP contribution in [0.1, 0.15) is 4.88 Å². The van der Waals surface area contributed by atoms with E-state index in [9.17, 15) is 0 Å². The van der Waals surface area contributed by atoms with Gasteiger partial charge in [-0.2, -0.15) is 0 Å². The fraction of sp³-hybridized carbons (Fsp3) is 0.238. The van der Waals surface area contributed by atoms with Crippen molar-refractivity contribution in [1.82, 2.24) is 20.2 Å². The molecule has 142 valence electrons. The molecule has 0 atom stereocenters. The van der Waals surface area contributed by atoms with Gasteiger partial charge in [0.05, 0.1) is 10.2 Å². The van der Waals surface area contributed by atoms with Crippen LogP contribution in [0.15, 0.2) is 54.9 Å². The van der Waals surface area contributed by atoms with E-state index in [0.717, 1.165) is 54.4 Å². The maximum absolute atomic E-state index is 4.48. The van der Waals surface area contributed by atoms with Crippen molar-refractivity contribution in [2.45, 2.75) is 6.54 Å². The van der Waals surface area contributed by atoms with E-state index in [-0.39, 0.29) is 0 Å². The lowest BCUT2D eigenvalue weighted by atomic mass is 10.3. The van der Waals surface area contributed by atoms with E-state index < -0.39 is 0 Å². The predicted octanol–water partition coefficient (Wildman–Crippen LogP) is 4.57. The monoisotopic (exact) mass is 407 g/mol. The highest BCUT2D eigenvalue weighted by Crippen LogP contribution is 2.39. The second kappa shape index (κ2) is 7.97. The fourth-order valence-electron chi connectivity index (χ4n) is 3.41. The molecular formula is C21H21N5S2. The van der Waals surface area contributed by atoms with Gasteiger partial charge < -0.3 is 10.6 Å². The molecule has 1 saturated heterocycles. The summed E-state index contributed by atoms with van der Waals surface area (Å²) in [6.07, 6.45) is 1.63. The highest BCUT2D eigenvalue weighted by atomic mass is 32.1. The number of piperazine rings is 1. The van der Waals surface area contributed by atoms with Crippen molar-refractivity contribution in [3.63, 3.8) is 0 Å². The van der Waals surface area contributed by atoms with Crippen LogP contribution in [0.2, 0.25) is 0 Å². The summed E-state index contributed by atoms with van der Waals surface area (Å²) >= 11 is 3.64. The van der Waals surface area contributed by atoms with Crippen molar-refractivity contribution >= 4 is 44.4 Å². The van der Waals surface area contributed by atoms with Gasteiger partial charge in [0.2, 0.25) is 0 Å². The second-order valence-electron chi connectivity index (χ2n) is 6.83. The van der Waals surface area contributed by atoms with Crippen molar-refractivity contribution in [1.29, 1.82) is 0 Å². The summed E-state index contributed by atoms with van der Waals surface area (Å²) in [5.74, 6) is 0.866. The molecule has 7 heteroatoms. The Hall–Kier alpha value is -2.32. The molecule has 0 bridgehead atoms. The summed E-state index contributed by atoms with van der Waals surface area (Å²) in [6, 6.07) is 16.8. The molecule has 0 aliphatic carbocycles. The lowest BCUT2D eigenvalue weighted by Gasteiger charge is -2.26. The molecule has 1 aliphatic rings. The predicted molar refractivity (Wildman–Crippen MR) is 119 cm³/mol. The lowest BCUT2D eigenvalue weighted by molar-refractivity contribution is 0.235. The SMILES string of the molecule is c1ccc(Nc2ncnc3cc(-c4ccc(CN5CCNCC5)s4)sc23)cc1. The zero-order valence-electron chi connectivity index (χ0n) is 15.4. The quantitative estimate of drug-likeness (QED) is 0.508. The maximum Gasteiger partial charge on any atom is 0.151 e. The Balaban J connectivity index is 1.40. The van der Waals surface area contributed by atoms with E-state index in [1.165, 1.54) is 14.6 Å². The molecule has 0 spiro atoms. The minimum Gasteiger partial charge on any atom is -0.339 e. The molecular weight excluding hydrogens is 386 g/mol. The van der Waals surface area contributed by atoms with Gasteiger partial charge in [-0.05, 0) is 30.3 Å². The standard InChI is InChI=1S/C21H21N5S2/c1-2-4-15(5-3-1)25-21-20-17(23-14-24-21)12-19(28-20)18-7-6-16(27-18)13-26-10-8-22-9-11-26/h1-7,12,14,22H,8-11,13H2,(H,23,24,25). The summed E-state index contributed by atoms with van der Waals surface area (Å²) in [7, 11) is 0. The first-order chi connectivity index (χ1) is 13.8. The number of rotatable bonds is 5. The number of hydrogen-bond donors (Lipinski definition) is 2. The topological polar surface area (TPSA) is 53.1 Å². The average Bonchev–Trinajstić information content (AvgIpc) is 3.37. The number of thiophene rings is 2. The van der Waals surface area contributed by atoms with Crippen molar-refractivity contribution in [2.75, 3.05) is 31.5 Å². The third kappa shape index (κ3) is 3.79. The van der Waals surface area contributed by atoms with E-state index in [1.807, 2.05) is 41.7 Å². The number of nitrogens with one attached hydrogen (secondary N) is 2. The van der Waals surface area contributed by atoms with Gasteiger partial charge >= 0.3 is 0 Å². The fourth-order valence-corrected chi connectivity index (χ4v) is 5.60. The molecule has 5 rings (SSSR count). The van der Waals surface area contributed by atoms with Crippen LogP contribution in [-0.2, 0) is 6.54 Å². The van der Waals surface area contributed by atoms with Crippen LogP contribution in [0.5, 0.6) is 0 Å². The van der Waals surface area contributed by atoms with Crippen LogP contribution < -0.4 is 10.6 Å². The van der Waals surface area contributed by atoms with Gasteiger partial charge in [0.25, 0.3) is 0 Å². The first-order valence-corrected chi connectivity index (χ1v) is 11.1. The first-order valence-electron chi connectivity index (χ1n) is 9.44. The molecule has 1 aliphatic heterocycles. The van der Waals surface area contributed by atoms with Crippen LogP contribution in [0.3, 0.4) is 0 Å². The molecule has 0 saturated carbocycles. The molecule has 5 nitrogen and oxygen atoms in total. The molecule has 4 heterocycles. The largest absolute Gasteiger partial charge is 0.339 e. The Morgan fingerprint density at radius 2 is 1.82 bits per heavy atom. The van der Waals surface area contributed by atoms with Gasteiger partial charge in [0.1, 0.15) is 6.33 Å². The molecule has 0 radical (unpaired) electrons. The Morgan fingerprint density at radius 1 is 0.964 bits per heavy atom. The Kier molecular flexibility index (Phi) is 5.05. The zero-order valence-corrected chi connectivity index (χ0v) is 17.0. The van der Waals surface area contributed by atoms with Crippen LogP contribution >= 0.6 is 22.7 Å². The van der Waals surface area contributed by atoms with E-state index >= 15 is 0 Å². The van der Waals surface area contributed by atoms with Crippen molar-refractivity contribution in [2.24, 2.45) is 0 Å². The molecule has 1 fully saturated rings. The summed E-state index contributed by atoms with van der Waals surface area (Å²) in [6.45, 7) is 5.47. The van der Waals surface area contributed by atoms with E-state index in [1.54, 1.807) is 17.7 Å². The molecule has 28 heavy (non-hydrogen) atoms. The summed E-state index contributed by atoms with van der Waals surface area (Å²) < 4.78 is 1.10. The maximum atomic E-state index is 4.48. The average molecular weight is 408 g/mol. The Morgan fingerprint density at radius 3 is 2.68 bits per heavy atom. The minimum atomic E-state index is 0.866. The number of nitrogens with zero attached hydrogens (tertiary/aromatic N) is 3. The Labute approximate surface area is 172 Å². The number of hydrogen-bond acceptors (Lipinski definition) is 7. The van der Waals surface area contributed by atoms with Crippen molar-refractivity contribution in [3.05, 3.63) is 59.7 Å². The van der Waals surface area contributed by atoms with Gasteiger partial charge in [-0.15, -0.1) is 22.7 Å². The van der Waals surface area contributed by atoms with Crippen LogP contribution in [-0.4, -0.2) is 41.0 Å². The molecule has 0 amide bonds. The minimum absolute atomic E-state index is 0.866. The second-order valence-corrected chi connectivity index (χ2v) is 9.05. The lowest BCUT2D eigenvalue weighted by Crippen LogP contribution is -2.42. The van der Waals surface area contributed by atoms with Crippen LogP contribution in [0, 0.1) is 0 Å². The van der Waals surface area contributed by atoms with Gasteiger partial charge in [-0.25, -0.2) is 9.97 Å². The summed E-state index contributed by atoms with van der Waals surface area (Å²) in [5, 5.41) is 6.83. The zero-order chi connectivity index (χ0) is 18.8. The van der Waals surface area contributed by atoms with Crippen LogP contribution in [0.25, 0.3) is 20.0 Å². The number of benzene rings is 1. The summed E-state index contributed by atoms with van der Waals surface area (Å²) in [4.78, 5) is 15.4. The van der Waals surface area contributed by atoms with Gasteiger partial charge in [-0.1, -0.05) is 18.2 Å². The number of para-hydroxylation sites is 1. The molecule has 1 aromatic carbocycles. The number of fused-ring (bicyclic) bond motifs is 1. The highest BCUT2D eigenvalue weighted by Gasteiger charge is 2.14. The third-order valence-electron chi connectivity index (χ3n) is 4.84. The highest BCUT2D eigenvalue weighted by molar-refractivity contribution is 7.26. The molecule has 3 aromatic heterocycles. The van der Waals surface area contributed by atoms with Crippen LogP contribution in [0.4, 0.5) is 11.5 Å². The van der Waals surface area contributed by atoms with E-state index in [0.29, 0.717) is 0 Å². The normalized spacial score (nSPS) is 15.1. The molecule has 2 N–H and O–H groups in total.